The van der Waals surface area contributed by atoms with Crippen LogP contribution in [0.15, 0.2) is 52.6 Å². The van der Waals surface area contributed by atoms with E-state index in [1.54, 1.807) is 18.5 Å². The molecule has 2 aromatic heterocycles. The number of aromatic nitrogens is 3. The zero-order chi connectivity index (χ0) is 17.6. The van der Waals surface area contributed by atoms with Gasteiger partial charge in [-0.25, -0.2) is 0 Å². The molecule has 0 saturated carbocycles. The van der Waals surface area contributed by atoms with Crippen molar-refractivity contribution in [2.24, 2.45) is 5.16 Å². The topological polar surface area (TPSA) is 82.6 Å². The number of rotatable bonds is 2. The third kappa shape index (κ3) is 2.44. The van der Waals surface area contributed by atoms with E-state index in [0.717, 1.165) is 12.8 Å². The molecular formula is C19H16N4O3. The van der Waals surface area contributed by atoms with Crippen molar-refractivity contribution in [1.82, 2.24) is 15.2 Å². The van der Waals surface area contributed by atoms with E-state index >= 15 is 0 Å². The summed E-state index contributed by atoms with van der Waals surface area (Å²) in [6.07, 6.45) is 7.05. The molecule has 0 bridgehead atoms. The van der Waals surface area contributed by atoms with Gasteiger partial charge < -0.3 is 14.0 Å². The third-order valence-corrected chi connectivity index (χ3v) is 4.86. The van der Waals surface area contributed by atoms with Gasteiger partial charge in [-0.3, -0.25) is 4.98 Å². The summed E-state index contributed by atoms with van der Waals surface area (Å²) in [5.41, 5.74) is 4.09. The lowest BCUT2D eigenvalue weighted by Crippen LogP contribution is -2.24. The van der Waals surface area contributed by atoms with Crippen molar-refractivity contribution in [2.75, 3.05) is 0 Å². The second kappa shape index (κ2) is 5.66. The van der Waals surface area contributed by atoms with Crippen LogP contribution in [0.25, 0.3) is 11.5 Å². The molecule has 2 aliphatic rings. The minimum atomic E-state index is -0.407. The molecule has 0 radical (unpaired) electrons. The number of pyridine rings is 1. The summed E-state index contributed by atoms with van der Waals surface area (Å²) in [5.74, 6) is 1.49. The Balaban J connectivity index is 1.36. The van der Waals surface area contributed by atoms with Crippen LogP contribution in [0.4, 0.5) is 0 Å². The van der Waals surface area contributed by atoms with Crippen LogP contribution in [-0.4, -0.2) is 21.1 Å². The normalized spacial score (nSPS) is 20.7. The highest BCUT2D eigenvalue weighted by Crippen LogP contribution is 2.46. The van der Waals surface area contributed by atoms with Gasteiger partial charge in [0.2, 0.25) is 18.2 Å². The van der Waals surface area contributed by atoms with E-state index in [9.17, 15) is 0 Å². The number of ether oxygens (including phenoxy) is 1. The molecule has 3 heterocycles. The molecule has 130 valence electrons. The van der Waals surface area contributed by atoms with Crippen LogP contribution in [0.3, 0.4) is 0 Å². The number of benzene rings is 1. The Bertz CT molecular complexity index is 1000. The molecule has 1 spiro atoms. The average Bonchev–Trinajstić information content (AvgIpc) is 3.38. The van der Waals surface area contributed by atoms with Gasteiger partial charge >= 0.3 is 0 Å². The summed E-state index contributed by atoms with van der Waals surface area (Å²) in [5, 5.41) is 11.8. The van der Waals surface area contributed by atoms with Crippen molar-refractivity contribution in [3.8, 4) is 17.2 Å². The summed E-state index contributed by atoms with van der Waals surface area (Å²) in [6.45, 7) is 2.11. The molecule has 1 aliphatic heterocycles. The van der Waals surface area contributed by atoms with Crippen molar-refractivity contribution < 1.29 is 14.0 Å². The summed E-state index contributed by atoms with van der Waals surface area (Å²) in [6, 6.07) is 8.28. The lowest BCUT2D eigenvalue weighted by atomic mass is 9.92. The molecule has 0 fully saturated rings. The van der Waals surface area contributed by atoms with Gasteiger partial charge in [-0.1, -0.05) is 28.9 Å². The second-order valence-corrected chi connectivity index (χ2v) is 6.66. The predicted octanol–water partition coefficient (Wildman–Crippen LogP) is 3.39. The number of aryl methyl sites for hydroxylation is 2. The summed E-state index contributed by atoms with van der Waals surface area (Å²) >= 11 is 0. The number of fused-ring (bicyclic) bond motifs is 2. The Morgan fingerprint density at radius 2 is 2.15 bits per heavy atom. The summed E-state index contributed by atoms with van der Waals surface area (Å²) < 4.78 is 11.1. The number of hydrogen-bond acceptors (Lipinski definition) is 7. The Labute approximate surface area is 149 Å². The van der Waals surface area contributed by atoms with Crippen LogP contribution in [0, 0.1) is 6.92 Å². The van der Waals surface area contributed by atoms with E-state index in [-0.39, 0.29) is 0 Å². The standard InChI is InChI=1S/C19H16N4O3/c1-12-2-3-16-13(6-12)4-5-19(16)8-17(23-26-19)25-15-7-14(9-20-10-15)18-22-21-11-24-18/h2-3,6-7,9-11H,4-5,8H2,1H3/t19-/m1/s1. The van der Waals surface area contributed by atoms with Crippen LogP contribution in [0.5, 0.6) is 5.75 Å². The zero-order valence-corrected chi connectivity index (χ0v) is 14.2. The quantitative estimate of drug-likeness (QED) is 0.706. The molecule has 0 unspecified atom stereocenters. The van der Waals surface area contributed by atoms with Gasteiger partial charge in [-0.15, -0.1) is 10.2 Å². The average molecular weight is 348 g/mol. The van der Waals surface area contributed by atoms with Gasteiger partial charge in [0.15, 0.2) is 5.60 Å². The Kier molecular flexibility index (Phi) is 3.28. The molecule has 5 rings (SSSR count). The summed E-state index contributed by atoms with van der Waals surface area (Å²) in [7, 11) is 0. The lowest BCUT2D eigenvalue weighted by molar-refractivity contribution is -0.0215. The Hall–Kier alpha value is -3.22. The van der Waals surface area contributed by atoms with Crippen LogP contribution in [0.2, 0.25) is 0 Å². The SMILES string of the molecule is Cc1ccc2c(c1)CC[C@@]21CC(Oc2cncc(-c3nnco3)c2)=NO1. The number of nitrogens with zero attached hydrogens (tertiary/aromatic N) is 4. The van der Waals surface area contributed by atoms with Gasteiger partial charge in [0.05, 0.1) is 18.2 Å². The number of hydrogen-bond donors (Lipinski definition) is 0. The fraction of sp³-hybridized carbons (Fsp3) is 0.263. The van der Waals surface area contributed by atoms with Crippen molar-refractivity contribution >= 4 is 5.90 Å². The predicted molar refractivity (Wildman–Crippen MR) is 92.5 cm³/mol. The molecule has 0 saturated heterocycles. The molecule has 3 aromatic rings. The van der Waals surface area contributed by atoms with Gasteiger partial charge in [0.25, 0.3) is 0 Å². The maximum absolute atomic E-state index is 5.91. The Morgan fingerprint density at radius 3 is 3.04 bits per heavy atom. The van der Waals surface area contributed by atoms with Crippen molar-refractivity contribution in [3.05, 3.63) is 59.7 Å². The maximum atomic E-state index is 5.91. The first-order valence-corrected chi connectivity index (χ1v) is 8.46. The van der Waals surface area contributed by atoms with E-state index in [1.807, 2.05) is 0 Å². The van der Waals surface area contributed by atoms with E-state index < -0.39 is 5.60 Å². The van der Waals surface area contributed by atoms with Crippen LogP contribution in [-0.2, 0) is 16.9 Å². The third-order valence-electron chi connectivity index (χ3n) is 4.86. The molecule has 26 heavy (non-hydrogen) atoms. The first kappa shape index (κ1) is 15.1. The van der Waals surface area contributed by atoms with Gasteiger partial charge in [0, 0.05) is 11.8 Å². The fourth-order valence-corrected chi connectivity index (χ4v) is 3.65. The zero-order valence-electron chi connectivity index (χ0n) is 14.2. The van der Waals surface area contributed by atoms with Crippen molar-refractivity contribution in [3.63, 3.8) is 0 Å². The van der Waals surface area contributed by atoms with Crippen LogP contribution < -0.4 is 4.74 Å². The molecule has 0 N–H and O–H groups in total. The van der Waals surface area contributed by atoms with Gasteiger partial charge in [-0.05, 0) is 31.4 Å². The largest absolute Gasteiger partial charge is 0.438 e. The monoisotopic (exact) mass is 348 g/mol. The van der Waals surface area contributed by atoms with E-state index in [1.165, 1.54) is 23.1 Å². The number of oxime groups is 1. The highest BCUT2D eigenvalue weighted by Gasteiger charge is 2.46. The van der Waals surface area contributed by atoms with Crippen LogP contribution in [0.1, 0.15) is 29.5 Å². The van der Waals surface area contributed by atoms with Crippen molar-refractivity contribution in [1.29, 1.82) is 0 Å². The smallest absolute Gasteiger partial charge is 0.249 e. The summed E-state index contributed by atoms with van der Waals surface area (Å²) in [4.78, 5) is 10.0. The molecule has 1 atom stereocenters. The van der Waals surface area contributed by atoms with Gasteiger partial charge in [-0.2, -0.15) is 0 Å². The Morgan fingerprint density at radius 1 is 1.19 bits per heavy atom. The van der Waals surface area contributed by atoms with Gasteiger partial charge in [0.1, 0.15) is 5.75 Å². The molecule has 1 aromatic carbocycles. The van der Waals surface area contributed by atoms with Crippen molar-refractivity contribution in [2.45, 2.75) is 31.8 Å². The lowest BCUT2D eigenvalue weighted by Gasteiger charge is -2.21. The minimum Gasteiger partial charge on any atom is -0.438 e. The molecule has 7 heteroatoms. The van der Waals surface area contributed by atoms with E-state index in [2.05, 4.69) is 45.5 Å². The molecule has 1 aliphatic carbocycles. The fourth-order valence-electron chi connectivity index (χ4n) is 3.65. The second-order valence-electron chi connectivity index (χ2n) is 6.66. The highest BCUT2D eigenvalue weighted by atomic mass is 16.7. The van der Waals surface area contributed by atoms with E-state index in [4.69, 9.17) is 14.0 Å². The molecule has 7 nitrogen and oxygen atoms in total. The van der Waals surface area contributed by atoms with E-state index in [0.29, 0.717) is 29.5 Å². The highest BCUT2D eigenvalue weighted by molar-refractivity contribution is 5.81. The first-order valence-electron chi connectivity index (χ1n) is 8.46. The molecular weight excluding hydrogens is 332 g/mol. The maximum Gasteiger partial charge on any atom is 0.249 e. The first-order chi connectivity index (χ1) is 12.7. The molecule has 0 amide bonds. The van der Waals surface area contributed by atoms with Crippen LogP contribution >= 0.6 is 0 Å². The minimum absolute atomic E-state index is 0.393.